The lowest BCUT2D eigenvalue weighted by Crippen LogP contribution is -2.34. The molecule has 0 saturated heterocycles. The van der Waals surface area contributed by atoms with Gasteiger partial charge in [0.2, 0.25) is 0 Å². The standard InChI is InChI=1S/C28H41F3O/c1-2-3-4-5-19-6-8-20(9-7-19)21-10-11-23-17-24(13-12-22(23)16-21)25-14-15-27(26(29)18-25)32-28(30)31/h14-15,18-24,28H,2-13,16-17H2,1H3. The van der Waals surface area contributed by atoms with Gasteiger partial charge in [0.25, 0.3) is 0 Å². The maximum atomic E-state index is 14.2. The molecule has 0 bridgehead atoms. The van der Waals surface area contributed by atoms with Crippen LogP contribution >= 0.6 is 0 Å². The minimum atomic E-state index is -2.99. The zero-order valence-electron chi connectivity index (χ0n) is 19.7. The van der Waals surface area contributed by atoms with Crippen molar-refractivity contribution in [1.82, 2.24) is 0 Å². The molecule has 4 rings (SSSR count). The molecule has 4 heteroatoms. The Balaban J connectivity index is 1.25. The topological polar surface area (TPSA) is 9.23 Å². The number of halogens is 3. The van der Waals surface area contributed by atoms with Gasteiger partial charge in [0.15, 0.2) is 11.6 Å². The lowest BCUT2D eigenvalue weighted by molar-refractivity contribution is -0.0522. The van der Waals surface area contributed by atoms with E-state index in [4.69, 9.17) is 0 Å². The van der Waals surface area contributed by atoms with Gasteiger partial charge in [0.1, 0.15) is 0 Å². The summed E-state index contributed by atoms with van der Waals surface area (Å²) in [6.45, 7) is -0.697. The average molecular weight is 451 g/mol. The Labute approximate surface area is 192 Å². The Kier molecular flexibility index (Phi) is 8.45. The number of unbranched alkanes of at least 4 members (excludes halogenated alkanes) is 2. The third kappa shape index (κ3) is 6.03. The molecule has 0 aromatic heterocycles. The van der Waals surface area contributed by atoms with Crippen molar-refractivity contribution in [3.05, 3.63) is 29.6 Å². The van der Waals surface area contributed by atoms with Crippen molar-refractivity contribution in [2.24, 2.45) is 29.6 Å². The molecule has 0 aliphatic heterocycles. The third-order valence-electron chi connectivity index (χ3n) is 9.07. The van der Waals surface area contributed by atoms with Crippen molar-refractivity contribution >= 4 is 0 Å². The summed E-state index contributed by atoms with van der Waals surface area (Å²) in [4.78, 5) is 0. The lowest BCUT2D eigenvalue weighted by atomic mass is 9.60. The Bertz CT molecular complexity index is 713. The highest BCUT2D eigenvalue weighted by atomic mass is 19.3. The van der Waals surface area contributed by atoms with Crippen LogP contribution < -0.4 is 4.74 Å². The Morgan fingerprint density at radius 3 is 2.19 bits per heavy atom. The van der Waals surface area contributed by atoms with Gasteiger partial charge in [-0.15, -0.1) is 0 Å². The first-order chi connectivity index (χ1) is 15.5. The van der Waals surface area contributed by atoms with Gasteiger partial charge in [-0.2, -0.15) is 8.78 Å². The average Bonchev–Trinajstić information content (AvgIpc) is 2.80. The quantitative estimate of drug-likeness (QED) is 0.359. The van der Waals surface area contributed by atoms with Crippen LogP contribution in [-0.2, 0) is 0 Å². The number of hydrogen-bond acceptors (Lipinski definition) is 1. The molecular weight excluding hydrogens is 409 g/mol. The largest absolute Gasteiger partial charge is 0.432 e. The van der Waals surface area contributed by atoms with Crippen molar-refractivity contribution < 1.29 is 17.9 Å². The summed E-state index contributed by atoms with van der Waals surface area (Å²) in [7, 11) is 0. The first kappa shape index (κ1) is 24.0. The highest BCUT2D eigenvalue weighted by molar-refractivity contribution is 5.31. The van der Waals surface area contributed by atoms with E-state index in [1.54, 1.807) is 6.07 Å². The minimum Gasteiger partial charge on any atom is -0.432 e. The molecule has 0 heterocycles. The molecule has 1 aromatic carbocycles. The Morgan fingerprint density at radius 2 is 1.50 bits per heavy atom. The van der Waals surface area contributed by atoms with E-state index in [1.807, 2.05) is 0 Å². The predicted molar refractivity (Wildman–Crippen MR) is 124 cm³/mol. The van der Waals surface area contributed by atoms with Crippen LogP contribution in [0.2, 0.25) is 0 Å². The lowest BCUT2D eigenvalue weighted by Gasteiger charge is -2.45. The van der Waals surface area contributed by atoms with E-state index >= 15 is 0 Å². The SMILES string of the molecule is CCCCCC1CCC(C2CCC3CC(c4ccc(OC(F)F)c(F)c4)CCC3C2)CC1. The van der Waals surface area contributed by atoms with E-state index in [9.17, 15) is 13.2 Å². The highest BCUT2D eigenvalue weighted by Crippen LogP contribution is 2.51. The van der Waals surface area contributed by atoms with Gasteiger partial charge in [0, 0.05) is 0 Å². The number of hydrogen-bond donors (Lipinski definition) is 0. The van der Waals surface area contributed by atoms with E-state index in [0.29, 0.717) is 5.92 Å². The van der Waals surface area contributed by atoms with Crippen LogP contribution in [0.15, 0.2) is 18.2 Å². The number of benzene rings is 1. The van der Waals surface area contributed by atoms with E-state index in [0.717, 1.165) is 48.0 Å². The fraction of sp³-hybridized carbons (Fsp3) is 0.786. The highest BCUT2D eigenvalue weighted by Gasteiger charge is 2.39. The molecule has 0 amide bonds. The fourth-order valence-corrected chi connectivity index (χ4v) is 7.25. The molecule has 3 saturated carbocycles. The van der Waals surface area contributed by atoms with Crippen molar-refractivity contribution in [2.75, 3.05) is 0 Å². The van der Waals surface area contributed by atoms with E-state index in [1.165, 1.54) is 89.2 Å². The monoisotopic (exact) mass is 450 g/mol. The Hall–Kier alpha value is -1.19. The zero-order chi connectivity index (χ0) is 22.5. The summed E-state index contributed by atoms with van der Waals surface area (Å²) in [5.41, 5.74) is 0.950. The molecule has 1 nitrogen and oxygen atoms in total. The smallest absolute Gasteiger partial charge is 0.387 e. The molecule has 3 aliphatic carbocycles. The van der Waals surface area contributed by atoms with Crippen molar-refractivity contribution in [2.45, 2.75) is 109 Å². The molecule has 1 aromatic rings. The zero-order valence-corrected chi connectivity index (χ0v) is 19.7. The van der Waals surface area contributed by atoms with Crippen LogP contribution in [0.3, 0.4) is 0 Å². The summed E-state index contributed by atoms with van der Waals surface area (Å²) in [6, 6.07) is 4.59. The van der Waals surface area contributed by atoms with Crippen LogP contribution in [0, 0.1) is 35.4 Å². The van der Waals surface area contributed by atoms with Gasteiger partial charge in [0.05, 0.1) is 0 Å². The molecule has 0 spiro atoms. The second-order valence-corrected chi connectivity index (χ2v) is 10.9. The summed E-state index contributed by atoms with van der Waals surface area (Å²) >= 11 is 0. The predicted octanol–water partition coefficient (Wildman–Crippen LogP) is 9.11. The maximum absolute atomic E-state index is 14.2. The molecule has 4 atom stereocenters. The van der Waals surface area contributed by atoms with Crippen molar-refractivity contribution in [3.8, 4) is 5.75 Å². The molecular formula is C28H41F3O. The van der Waals surface area contributed by atoms with Crippen molar-refractivity contribution in [3.63, 3.8) is 0 Å². The summed E-state index contributed by atoms with van der Waals surface area (Å²) in [6.07, 6.45) is 18.9. The van der Waals surface area contributed by atoms with Crippen LogP contribution in [0.25, 0.3) is 0 Å². The molecule has 3 fully saturated rings. The molecule has 32 heavy (non-hydrogen) atoms. The van der Waals surface area contributed by atoms with Crippen LogP contribution in [0.5, 0.6) is 5.75 Å². The normalized spacial score (nSPS) is 33.2. The van der Waals surface area contributed by atoms with E-state index in [2.05, 4.69) is 11.7 Å². The summed E-state index contributed by atoms with van der Waals surface area (Å²) in [5, 5.41) is 0. The number of alkyl halides is 2. The number of rotatable bonds is 8. The molecule has 0 N–H and O–H groups in total. The van der Waals surface area contributed by atoms with E-state index < -0.39 is 12.4 Å². The van der Waals surface area contributed by atoms with Gasteiger partial charge in [-0.25, -0.2) is 4.39 Å². The second-order valence-electron chi connectivity index (χ2n) is 10.9. The molecule has 3 aliphatic rings. The van der Waals surface area contributed by atoms with Crippen LogP contribution in [-0.4, -0.2) is 6.61 Å². The maximum Gasteiger partial charge on any atom is 0.387 e. The molecule has 0 radical (unpaired) electrons. The second kappa shape index (κ2) is 11.3. The van der Waals surface area contributed by atoms with Gasteiger partial charge >= 0.3 is 6.61 Å². The van der Waals surface area contributed by atoms with Crippen LogP contribution in [0.4, 0.5) is 13.2 Å². The van der Waals surface area contributed by atoms with Gasteiger partial charge in [-0.05, 0) is 105 Å². The molecule has 4 unspecified atom stereocenters. The Morgan fingerprint density at radius 1 is 0.844 bits per heavy atom. The van der Waals surface area contributed by atoms with Gasteiger partial charge in [-0.3, -0.25) is 0 Å². The van der Waals surface area contributed by atoms with Gasteiger partial charge in [-0.1, -0.05) is 51.5 Å². The van der Waals surface area contributed by atoms with Crippen molar-refractivity contribution in [1.29, 1.82) is 0 Å². The number of fused-ring (bicyclic) bond motifs is 1. The summed E-state index contributed by atoms with van der Waals surface area (Å²) in [5.74, 6) is 3.77. The fourth-order valence-electron chi connectivity index (χ4n) is 7.25. The van der Waals surface area contributed by atoms with E-state index in [-0.39, 0.29) is 5.75 Å². The number of ether oxygens (including phenoxy) is 1. The minimum absolute atomic E-state index is 0.349. The third-order valence-corrected chi connectivity index (χ3v) is 9.07. The first-order valence-corrected chi connectivity index (χ1v) is 13.3. The van der Waals surface area contributed by atoms with Gasteiger partial charge < -0.3 is 4.74 Å². The first-order valence-electron chi connectivity index (χ1n) is 13.3. The summed E-state index contributed by atoms with van der Waals surface area (Å²) < 4.78 is 43.3. The van der Waals surface area contributed by atoms with Crippen LogP contribution in [0.1, 0.15) is 108 Å². The molecule has 180 valence electrons.